The Bertz CT molecular complexity index is 1090. The molecule has 3 aromatic rings. The molecule has 31 heavy (non-hydrogen) atoms. The highest BCUT2D eigenvalue weighted by Gasteiger charge is 2.23. The number of halogens is 1. The first kappa shape index (κ1) is 21.1. The van der Waals surface area contributed by atoms with Gasteiger partial charge in [0.1, 0.15) is 11.6 Å². The molecule has 160 valence electrons. The lowest BCUT2D eigenvalue weighted by atomic mass is 9.97. The second-order valence-corrected chi connectivity index (χ2v) is 8.05. The van der Waals surface area contributed by atoms with Crippen molar-refractivity contribution in [1.29, 1.82) is 0 Å². The van der Waals surface area contributed by atoms with Crippen LogP contribution in [0.15, 0.2) is 60.7 Å². The normalized spacial score (nSPS) is 13.1. The molecule has 3 aromatic carbocycles. The third kappa shape index (κ3) is 5.12. The van der Waals surface area contributed by atoms with Crippen molar-refractivity contribution in [2.45, 2.75) is 32.9 Å². The van der Waals surface area contributed by atoms with Gasteiger partial charge in [0.2, 0.25) is 0 Å². The van der Waals surface area contributed by atoms with Gasteiger partial charge in [-0.25, -0.2) is 4.39 Å². The van der Waals surface area contributed by atoms with E-state index in [-0.39, 0.29) is 24.9 Å². The molecule has 4 nitrogen and oxygen atoms in total. The third-order valence-electron chi connectivity index (χ3n) is 5.58. The first-order valence-corrected chi connectivity index (χ1v) is 10.5. The van der Waals surface area contributed by atoms with E-state index in [4.69, 9.17) is 4.74 Å². The average Bonchev–Trinajstić information content (AvgIpc) is 3.62. The van der Waals surface area contributed by atoms with E-state index in [1.807, 2.05) is 36.4 Å². The molecule has 0 heterocycles. The molecule has 1 amide bonds. The van der Waals surface area contributed by atoms with Crippen LogP contribution in [0.3, 0.4) is 0 Å². The Morgan fingerprint density at radius 2 is 1.94 bits per heavy atom. The number of carbonyl (C=O) groups excluding carboxylic acids is 1. The topological polar surface area (TPSA) is 58.6 Å². The Balaban J connectivity index is 1.60. The van der Waals surface area contributed by atoms with Gasteiger partial charge in [-0.15, -0.1) is 0 Å². The molecule has 0 saturated heterocycles. The summed E-state index contributed by atoms with van der Waals surface area (Å²) >= 11 is 0. The van der Waals surface area contributed by atoms with Crippen molar-refractivity contribution in [3.05, 3.63) is 88.7 Å². The molecule has 0 radical (unpaired) electrons. The minimum Gasteiger partial charge on any atom is -0.492 e. The van der Waals surface area contributed by atoms with Gasteiger partial charge in [-0.3, -0.25) is 4.79 Å². The summed E-state index contributed by atoms with van der Waals surface area (Å²) in [5.41, 5.74) is 4.18. The smallest absolute Gasteiger partial charge is 0.255 e. The van der Waals surface area contributed by atoms with Crippen LogP contribution in [-0.4, -0.2) is 17.6 Å². The summed E-state index contributed by atoms with van der Waals surface area (Å²) in [5.74, 6) is 0.517. The summed E-state index contributed by atoms with van der Waals surface area (Å²) in [6.07, 6.45) is 2.31. The first-order chi connectivity index (χ1) is 15.0. The number of ether oxygens (including phenoxy) is 1. The monoisotopic (exact) mass is 419 g/mol. The van der Waals surface area contributed by atoms with Crippen LogP contribution in [0.1, 0.15) is 39.9 Å². The molecule has 2 N–H and O–H groups in total. The zero-order valence-electron chi connectivity index (χ0n) is 17.5. The first-order valence-electron chi connectivity index (χ1n) is 10.5. The van der Waals surface area contributed by atoms with Crippen molar-refractivity contribution < 1.29 is 19.0 Å². The highest BCUT2D eigenvalue weighted by molar-refractivity contribution is 5.98. The van der Waals surface area contributed by atoms with Crippen molar-refractivity contribution >= 4 is 5.91 Å². The van der Waals surface area contributed by atoms with Crippen LogP contribution in [0, 0.1) is 18.7 Å². The molecule has 5 heteroatoms. The van der Waals surface area contributed by atoms with Crippen LogP contribution in [0.25, 0.3) is 11.1 Å². The average molecular weight is 419 g/mol. The number of amides is 1. The largest absolute Gasteiger partial charge is 0.492 e. The number of rotatable bonds is 8. The van der Waals surface area contributed by atoms with Crippen LogP contribution in [0.2, 0.25) is 0 Å². The number of carbonyl (C=O) groups is 1. The van der Waals surface area contributed by atoms with E-state index in [1.54, 1.807) is 25.1 Å². The molecule has 0 aromatic heterocycles. The fourth-order valence-corrected chi connectivity index (χ4v) is 3.46. The van der Waals surface area contributed by atoms with Crippen LogP contribution in [0.5, 0.6) is 5.75 Å². The SMILES string of the molecule is Cc1ccc(CNC(=O)c2cc(-c3ccccc3CO)ccc2OCC2CC2)cc1F. The lowest BCUT2D eigenvalue weighted by molar-refractivity contribution is 0.0946. The van der Waals surface area contributed by atoms with Crippen LogP contribution < -0.4 is 10.1 Å². The molecule has 0 unspecified atom stereocenters. The van der Waals surface area contributed by atoms with Crippen LogP contribution >= 0.6 is 0 Å². The summed E-state index contributed by atoms with van der Waals surface area (Å²) in [5, 5.41) is 12.6. The number of hydrogen-bond acceptors (Lipinski definition) is 3. The molecule has 1 aliphatic carbocycles. The third-order valence-corrected chi connectivity index (χ3v) is 5.58. The van der Waals surface area contributed by atoms with Crippen molar-refractivity contribution in [3.63, 3.8) is 0 Å². The molecule has 1 saturated carbocycles. The van der Waals surface area contributed by atoms with E-state index in [2.05, 4.69) is 5.32 Å². The molecule has 1 aliphatic rings. The fraction of sp³-hybridized carbons (Fsp3) is 0.269. The molecule has 0 atom stereocenters. The number of hydrogen-bond donors (Lipinski definition) is 2. The maximum absolute atomic E-state index is 13.8. The van der Waals surface area contributed by atoms with E-state index in [0.717, 1.165) is 29.5 Å². The fourth-order valence-electron chi connectivity index (χ4n) is 3.46. The molecule has 1 fully saturated rings. The highest BCUT2D eigenvalue weighted by Crippen LogP contribution is 2.33. The Kier molecular flexibility index (Phi) is 6.33. The lowest BCUT2D eigenvalue weighted by Gasteiger charge is -2.15. The van der Waals surface area contributed by atoms with Crippen molar-refractivity contribution in [2.24, 2.45) is 5.92 Å². The van der Waals surface area contributed by atoms with Gasteiger partial charge in [0.25, 0.3) is 5.91 Å². The lowest BCUT2D eigenvalue weighted by Crippen LogP contribution is -2.24. The van der Waals surface area contributed by atoms with Crippen molar-refractivity contribution in [2.75, 3.05) is 6.61 Å². The minimum atomic E-state index is -0.289. The van der Waals surface area contributed by atoms with Crippen molar-refractivity contribution in [3.8, 4) is 16.9 Å². The van der Waals surface area contributed by atoms with Crippen molar-refractivity contribution in [1.82, 2.24) is 5.32 Å². The number of aliphatic hydroxyl groups is 1. The predicted molar refractivity (Wildman–Crippen MR) is 118 cm³/mol. The summed E-state index contributed by atoms with van der Waals surface area (Å²) in [4.78, 5) is 13.1. The highest BCUT2D eigenvalue weighted by atomic mass is 19.1. The van der Waals surface area contributed by atoms with E-state index in [0.29, 0.717) is 35.0 Å². The summed E-state index contributed by atoms with van der Waals surface area (Å²) in [6.45, 7) is 2.43. The Hall–Kier alpha value is -3.18. The zero-order valence-corrected chi connectivity index (χ0v) is 17.5. The maximum Gasteiger partial charge on any atom is 0.255 e. The quantitative estimate of drug-likeness (QED) is 0.539. The van der Waals surface area contributed by atoms with Crippen LogP contribution in [-0.2, 0) is 13.2 Å². The van der Waals surface area contributed by atoms with Gasteiger partial charge in [0, 0.05) is 6.54 Å². The van der Waals surface area contributed by atoms with Gasteiger partial charge in [0.05, 0.1) is 18.8 Å². The van der Waals surface area contributed by atoms with Crippen LogP contribution in [0.4, 0.5) is 4.39 Å². The van der Waals surface area contributed by atoms with E-state index in [9.17, 15) is 14.3 Å². The number of aryl methyl sites for hydroxylation is 1. The minimum absolute atomic E-state index is 0.0867. The second-order valence-electron chi connectivity index (χ2n) is 8.05. The number of aliphatic hydroxyl groups excluding tert-OH is 1. The van der Waals surface area contributed by atoms with Gasteiger partial charge in [-0.2, -0.15) is 0 Å². The molecular weight excluding hydrogens is 393 g/mol. The van der Waals surface area contributed by atoms with E-state index >= 15 is 0 Å². The zero-order chi connectivity index (χ0) is 21.8. The predicted octanol–water partition coefficient (Wildman–Crippen LogP) is 5.01. The summed E-state index contributed by atoms with van der Waals surface area (Å²) in [7, 11) is 0. The molecule has 4 rings (SSSR count). The number of nitrogens with one attached hydrogen (secondary N) is 1. The van der Waals surface area contributed by atoms with Gasteiger partial charge < -0.3 is 15.2 Å². The van der Waals surface area contributed by atoms with E-state index in [1.165, 1.54) is 6.07 Å². The Morgan fingerprint density at radius 3 is 2.68 bits per heavy atom. The van der Waals surface area contributed by atoms with Gasteiger partial charge in [-0.1, -0.05) is 42.5 Å². The van der Waals surface area contributed by atoms with Gasteiger partial charge in [-0.05, 0) is 71.7 Å². The van der Waals surface area contributed by atoms with E-state index < -0.39 is 0 Å². The van der Waals surface area contributed by atoms with Gasteiger partial charge in [0.15, 0.2) is 0 Å². The standard InChI is InChI=1S/C26H26FNO3/c1-17-6-7-19(12-24(17)27)14-28-26(30)23-13-20(22-5-3-2-4-21(22)15-29)10-11-25(23)31-16-18-8-9-18/h2-7,10-13,18,29H,8-9,14-16H2,1H3,(H,28,30). The summed E-state index contributed by atoms with van der Waals surface area (Å²) < 4.78 is 19.8. The number of benzene rings is 3. The molecule has 0 bridgehead atoms. The summed E-state index contributed by atoms with van der Waals surface area (Å²) in [6, 6.07) is 18.0. The molecular formula is C26H26FNO3. The Labute approximate surface area is 181 Å². The molecule has 0 aliphatic heterocycles. The molecule has 0 spiro atoms. The second kappa shape index (κ2) is 9.31. The maximum atomic E-state index is 13.8. The van der Waals surface area contributed by atoms with Gasteiger partial charge >= 0.3 is 0 Å². The Morgan fingerprint density at radius 1 is 1.13 bits per heavy atom.